The van der Waals surface area contributed by atoms with Gasteiger partial charge in [-0.15, -0.1) is 0 Å². The molecule has 0 aliphatic rings. The second kappa shape index (κ2) is 9.11. The summed E-state index contributed by atoms with van der Waals surface area (Å²) in [5.41, 5.74) is -3.35. The van der Waals surface area contributed by atoms with E-state index in [1.165, 1.54) is 10.5 Å². The van der Waals surface area contributed by atoms with Crippen LogP contribution in [0.15, 0.2) is 54.9 Å². The highest BCUT2D eigenvalue weighted by Crippen LogP contribution is 2.33. The predicted molar refractivity (Wildman–Crippen MR) is 120 cm³/mol. The van der Waals surface area contributed by atoms with Crippen LogP contribution in [0.2, 0.25) is 0 Å². The summed E-state index contributed by atoms with van der Waals surface area (Å²) in [7, 11) is -1.87. The van der Waals surface area contributed by atoms with Crippen LogP contribution in [-0.4, -0.2) is 60.4 Å². The van der Waals surface area contributed by atoms with E-state index in [1.807, 2.05) is 14.1 Å². The van der Waals surface area contributed by atoms with Gasteiger partial charge in [0.05, 0.1) is 12.1 Å². The number of hydrogen-bond acceptors (Lipinski definition) is 7. The summed E-state index contributed by atoms with van der Waals surface area (Å²) in [6.45, 7) is 1.42. The summed E-state index contributed by atoms with van der Waals surface area (Å²) in [5, 5.41) is 0. The van der Waals surface area contributed by atoms with E-state index in [1.54, 1.807) is 42.7 Å². The predicted octanol–water partition coefficient (Wildman–Crippen LogP) is 4.11. The van der Waals surface area contributed by atoms with Gasteiger partial charge < -0.3 is 13.8 Å². The fourth-order valence-electron chi connectivity index (χ4n) is 3.33. The molecule has 0 atom stereocenters. The van der Waals surface area contributed by atoms with Crippen molar-refractivity contribution in [2.45, 2.75) is 11.9 Å². The maximum absolute atomic E-state index is 12.9. The standard InChI is InChI=1S/C22H21F3N4O4S/c1-28(2)11-4-12-32-20-10-8-15(13-26-20)16-7-9-19-27-17-5-3-6-18(21(17)29(19)14-16)33-34(30,31)22(23,24)25/h3,5-10,13-14H,4,11-12H2,1-2H3. The molecule has 0 fully saturated rings. The average Bonchev–Trinajstić information content (AvgIpc) is 3.15. The van der Waals surface area contributed by atoms with Gasteiger partial charge in [0.1, 0.15) is 11.2 Å². The lowest BCUT2D eigenvalue weighted by Gasteiger charge is -2.11. The molecule has 3 aromatic heterocycles. The first-order valence-corrected chi connectivity index (χ1v) is 11.6. The van der Waals surface area contributed by atoms with Crippen molar-refractivity contribution in [3.8, 4) is 22.8 Å². The van der Waals surface area contributed by atoms with Crippen molar-refractivity contribution in [1.29, 1.82) is 0 Å². The number of ether oxygens (including phenoxy) is 1. The van der Waals surface area contributed by atoms with Gasteiger partial charge in [0, 0.05) is 36.1 Å². The molecule has 0 saturated carbocycles. The summed E-state index contributed by atoms with van der Waals surface area (Å²) in [4.78, 5) is 10.7. The lowest BCUT2D eigenvalue weighted by Crippen LogP contribution is -2.28. The van der Waals surface area contributed by atoms with E-state index < -0.39 is 21.4 Å². The van der Waals surface area contributed by atoms with Gasteiger partial charge in [0.15, 0.2) is 5.75 Å². The molecule has 0 bridgehead atoms. The molecule has 0 aliphatic heterocycles. The van der Waals surface area contributed by atoms with Crippen LogP contribution in [0.4, 0.5) is 13.2 Å². The van der Waals surface area contributed by atoms with Crippen LogP contribution >= 0.6 is 0 Å². The van der Waals surface area contributed by atoms with Crippen molar-refractivity contribution in [3.05, 3.63) is 54.9 Å². The van der Waals surface area contributed by atoms with Gasteiger partial charge in [0.25, 0.3) is 0 Å². The molecule has 0 spiro atoms. The molecular weight excluding hydrogens is 473 g/mol. The molecule has 3 heterocycles. The third-order valence-corrected chi connectivity index (χ3v) is 5.90. The van der Waals surface area contributed by atoms with E-state index >= 15 is 0 Å². The van der Waals surface area contributed by atoms with Crippen LogP contribution < -0.4 is 8.92 Å². The van der Waals surface area contributed by atoms with E-state index in [0.717, 1.165) is 24.6 Å². The lowest BCUT2D eigenvalue weighted by molar-refractivity contribution is -0.0499. The Labute approximate surface area is 193 Å². The zero-order chi connectivity index (χ0) is 24.5. The van der Waals surface area contributed by atoms with Crippen LogP contribution in [-0.2, 0) is 10.1 Å². The fraction of sp³-hybridized carbons (Fsp3) is 0.273. The monoisotopic (exact) mass is 494 g/mol. The molecule has 0 amide bonds. The number of benzene rings is 1. The third-order valence-electron chi connectivity index (χ3n) is 4.93. The second-order valence-electron chi connectivity index (χ2n) is 7.76. The first kappa shape index (κ1) is 23.8. The first-order chi connectivity index (χ1) is 16.0. The number of alkyl halides is 3. The number of nitrogens with zero attached hydrogens (tertiary/aromatic N) is 4. The zero-order valence-electron chi connectivity index (χ0n) is 18.3. The molecule has 0 unspecified atom stereocenters. The number of hydrogen-bond donors (Lipinski definition) is 0. The molecule has 0 radical (unpaired) electrons. The molecule has 0 saturated heterocycles. The molecular formula is C22H21F3N4O4S. The Kier molecular flexibility index (Phi) is 6.36. The molecule has 0 aliphatic carbocycles. The van der Waals surface area contributed by atoms with E-state index in [9.17, 15) is 21.6 Å². The SMILES string of the molecule is CN(C)CCCOc1ccc(-c2ccc3nc4cccc(OS(=O)(=O)C(F)(F)F)c4n3c2)cn1. The highest BCUT2D eigenvalue weighted by molar-refractivity contribution is 7.88. The zero-order valence-corrected chi connectivity index (χ0v) is 19.1. The normalized spacial score (nSPS) is 12.5. The number of pyridine rings is 2. The molecule has 1 aromatic carbocycles. The minimum absolute atomic E-state index is 0.0981. The van der Waals surface area contributed by atoms with Crippen molar-refractivity contribution in [1.82, 2.24) is 19.3 Å². The highest BCUT2D eigenvalue weighted by atomic mass is 32.2. The van der Waals surface area contributed by atoms with Gasteiger partial charge >= 0.3 is 15.6 Å². The molecule has 4 aromatic rings. The molecule has 180 valence electrons. The Morgan fingerprint density at radius 3 is 2.50 bits per heavy atom. The number of aromatic nitrogens is 3. The van der Waals surface area contributed by atoms with Gasteiger partial charge in [-0.25, -0.2) is 9.97 Å². The highest BCUT2D eigenvalue weighted by Gasteiger charge is 2.48. The van der Waals surface area contributed by atoms with E-state index in [4.69, 9.17) is 4.74 Å². The van der Waals surface area contributed by atoms with Crippen molar-refractivity contribution in [2.75, 3.05) is 27.2 Å². The van der Waals surface area contributed by atoms with Crippen LogP contribution in [0.5, 0.6) is 11.6 Å². The summed E-state index contributed by atoms with van der Waals surface area (Å²) in [6.07, 6.45) is 4.11. The van der Waals surface area contributed by atoms with Crippen LogP contribution in [0, 0.1) is 0 Å². The number of rotatable bonds is 8. The number of imidazole rings is 1. The quantitative estimate of drug-likeness (QED) is 0.207. The fourth-order valence-corrected chi connectivity index (χ4v) is 3.79. The Hall–Kier alpha value is -3.38. The molecule has 4 rings (SSSR count). The van der Waals surface area contributed by atoms with Crippen LogP contribution in [0.25, 0.3) is 27.8 Å². The van der Waals surface area contributed by atoms with Crippen molar-refractivity contribution in [3.63, 3.8) is 0 Å². The first-order valence-electron chi connectivity index (χ1n) is 10.2. The van der Waals surface area contributed by atoms with Crippen LogP contribution in [0.3, 0.4) is 0 Å². The Balaban J connectivity index is 1.65. The number of para-hydroxylation sites is 1. The topological polar surface area (TPSA) is 86.0 Å². The van der Waals surface area contributed by atoms with Crippen molar-refractivity contribution in [2.24, 2.45) is 0 Å². The Bertz CT molecular complexity index is 1420. The number of halogens is 3. The Morgan fingerprint density at radius 2 is 1.82 bits per heavy atom. The van der Waals surface area contributed by atoms with Crippen LogP contribution in [0.1, 0.15) is 6.42 Å². The average molecular weight is 494 g/mol. The molecule has 8 nitrogen and oxygen atoms in total. The summed E-state index contributed by atoms with van der Waals surface area (Å²) >= 11 is 0. The lowest BCUT2D eigenvalue weighted by atomic mass is 10.1. The van der Waals surface area contributed by atoms with Gasteiger partial charge in [-0.05, 0) is 50.8 Å². The van der Waals surface area contributed by atoms with Gasteiger partial charge in [-0.1, -0.05) is 6.07 Å². The van der Waals surface area contributed by atoms with Crippen molar-refractivity contribution < 1.29 is 30.5 Å². The van der Waals surface area contributed by atoms with Gasteiger partial charge in [0.2, 0.25) is 5.88 Å². The van der Waals surface area contributed by atoms with Gasteiger partial charge in [-0.2, -0.15) is 21.6 Å². The number of fused-ring (bicyclic) bond motifs is 3. The molecule has 34 heavy (non-hydrogen) atoms. The largest absolute Gasteiger partial charge is 0.534 e. The van der Waals surface area contributed by atoms with E-state index in [0.29, 0.717) is 23.7 Å². The molecule has 12 heteroatoms. The van der Waals surface area contributed by atoms with E-state index in [-0.39, 0.29) is 11.0 Å². The minimum Gasteiger partial charge on any atom is -0.478 e. The maximum Gasteiger partial charge on any atom is 0.534 e. The minimum atomic E-state index is -5.84. The molecule has 0 N–H and O–H groups in total. The maximum atomic E-state index is 12.9. The third kappa shape index (κ3) is 4.92. The summed E-state index contributed by atoms with van der Waals surface area (Å²) < 4.78 is 73.3. The smallest absolute Gasteiger partial charge is 0.478 e. The van der Waals surface area contributed by atoms with Gasteiger partial charge in [-0.3, -0.25) is 4.40 Å². The summed E-state index contributed by atoms with van der Waals surface area (Å²) in [5.74, 6) is 0.00350. The Morgan fingerprint density at radius 1 is 1.06 bits per heavy atom. The van der Waals surface area contributed by atoms with E-state index in [2.05, 4.69) is 19.1 Å². The van der Waals surface area contributed by atoms with Crippen molar-refractivity contribution >= 4 is 26.8 Å². The summed E-state index contributed by atoms with van der Waals surface area (Å²) in [6, 6.07) is 11.1. The second-order valence-corrected chi connectivity index (χ2v) is 9.29.